The number of methoxy groups -OCH3 is 1. The third-order valence-corrected chi connectivity index (χ3v) is 3.53. The van der Waals surface area contributed by atoms with E-state index in [9.17, 15) is 0 Å². The molecule has 2 atom stereocenters. The van der Waals surface area contributed by atoms with Crippen LogP contribution in [0.25, 0.3) is 10.9 Å². The van der Waals surface area contributed by atoms with Gasteiger partial charge in [0.05, 0.1) is 17.7 Å². The van der Waals surface area contributed by atoms with Crippen LogP contribution < -0.4 is 5.32 Å². The molecule has 0 fully saturated rings. The van der Waals surface area contributed by atoms with Gasteiger partial charge in [-0.15, -0.1) is 0 Å². The van der Waals surface area contributed by atoms with Crippen LogP contribution in [0, 0.1) is 0 Å². The second-order valence-corrected chi connectivity index (χ2v) is 4.79. The summed E-state index contributed by atoms with van der Waals surface area (Å²) in [6, 6.07) is 10.6. The Morgan fingerprint density at radius 1 is 1.32 bits per heavy atom. The van der Waals surface area contributed by atoms with Gasteiger partial charge in [-0.2, -0.15) is 0 Å². The number of fused-ring (bicyclic) bond motifs is 1. The first-order valence-electron chi connectivity index (χ1n) is 6.85. The topological polar surface area (TPSA) is 34.1 Å². The zero-order chi connectivity index (χ0) is 13.7. The van der Waals surface area contributed by atoms with Crippen LogP contribution in [0.1, 0.15) is 31.4 Å². The zero-order valence-corrected chi connectivity index (χ0v) is 11.9. The highest BCUT2D eigenvalue weighted by molar-refractivity contribution is 5.78. The maximum Gasteiger partial charge on any atom is 0.0766 e. The summed E-state index contributed by atoms with van der Waals surface area (Å²) in [7, 11) is 3.75. The molecule has 1 aromatic carbocycles. The molecule has 0 aliphatic rings. The molecule has 1 heterocycles. The first kappa shape index (κ1) is 14.0. The van der Waals surface area contributed by atoms with Crippen molar-refractivity contribution < 1.29 is 4.74 Å². The highest BCUT2D eigenvalue weighted by Crippen LogP contribution is 2.24. The molecule has 0 amide bonds. The van der Waals surface area contributed by atoms with Gasteiger partial charge in [0.25, 0.3) is 0 Å². The van der Waals surface area contributed by atoms with Gasteiger partial charge in [-0.3, -0.25) is 4.98 Å². The number of nitrogens with zero attached hydrogens (tertiary/aromatic N) is 1. The number of rotatable bonds is 6. The molecule has 0 radical (unpaired) electrons. The summed E-state index contributed by atoms with van der Waals surface area (Å²) < 4.78 is 5.62. The summed E-state index contributed by atoms with van der Waals surface area (Å²) >= 11 is 0. The summed E-state index contributed by atoms with van der Waals surface area (Å²) in [4.78, 5) is 4.53. The second-order valence-electron chi connectivity index (χ2n) is 4.79. The number of hydrogen-bond acceptors (Lipinski definition) is 3. The average Bonchev–Trinajstić information content (AvgIpc) is 2.47. The molecule has 3 nitrogen and oxygen atoms in total. The maximum atomic E-state index is 5.62. The highest BCUT2D eigenvalue weighted by atomic mass is 16.5. The van der Waals surface area contributed by atoms with Gasteiger partial charge < -0.3 is 10.1 Å². The van der Waals surface area contributed by atoms with E-state index < -0.39 is 0 Å². The molecular weight excluding hydrogens is 236 g/mol. The number of aromatic nitrogens is 1. The van der Waals surface area contributed by atoms with Crippen molar-refractivity contribution in [2.45, 2.75) is 31.9 Å². The van der Waals surface area contributed by atoms with E-state index in [0.29, 0.717) is 0 Å². The first-order valence-corrected chi connectivity index (χ1v) is 6.85. The summed E-state index contributed by atoms with van der Waals surface area (Å²) in [5, 5.41) is 4.53. The lowest BCUT2D eigenvalue weighted by molar-refractivity contribution is 0.0630. The number of para-hydroxylation sites is 1. The van der Waals surface area contributed by atoms with Gasteiger partial charge in [0, 0.05) is 18.7 Å². The number of ether oxygens (including phenoxy) is 1. The third kappa shape index (κ3) is 3.11. The first-order chi connectivity index (χ1) is 9.30. The standard InChI is InChI=1S/C16H22N2O/c1-4-7-15(19-3)16(17-2)13-10-12-8-5-6-9-14(12)18-11-13/h5-6,8-11,15-17H,4,7H2,1-3H3. The van der Waals surface area contributed by atoms with Gasteiger partial charge in [0.2, 0.25) is 0 Å². The SMILES string of the molecule is CCCC(OC)C(NC)c1cnc2ccccc2c1. The second kappa shape index (κ2) is 6.64. The molecule has 1 aromatic heterocycles. The zero-order valence-electron chi connectivity index (χ0n) is 11.9. The van der Waals surface area contributed by atoms with Crippen molar-refractivity contribution >= 4 is 10.9 Å². The Balaban J connectivity index is 2.34. The van der Waals surface area contributed by atoms with E-state index >= 15 is 0 Å². The summed E-state index contributed by atoms with van der Waals surface area (Å²) in [5.74, 6) is 0. The molecule has 2 aromatic rings. The van der Waals surface area contributed by atoms with Crippen LogP contribution in [0.3, 0.4) is 0 Å². The number of likely N-dealkylation sites (N-methyl/N-ethyl adjacent to an activating group) is 1. The summed E-state index contributed by atoms with van der Waals surface area (Å²) in [6.07, 6.45) is 4.27. The van der Waals surface area contributed by atoms with Crippen molar-refractivity contribution in [1.82, 2.24) is 10.3 Å². The molecule has 0 aliphatic carbocycles. The molecule has 0 spiro atoms. The Hall–Kier alpha value is -1.45. The molecular formula is C16H22N2O. The molecule has 102 valence electrons. The van der Waals surface area contributed by atoms with Crippen LogP contribution in [0.15, 0.2) is 36.5 Å². The monoisotopic (exact) mass is 258 g/mol. The van der Waals surface area contributed by atoms with Crippen LogP contribution in [0.4, 0.5) is 0 Å². The minimum Gasteiger partial charge on any atom is -0.379 e. The Labute approximate surface area is 115 Å². The van der Waals surface area contributed by atoms with Gasteiger partial charge in [0.1, 0.15) is 0 Å². The number of hydrogen-bond donors (Lipinski definition) is 1. The van der Waals surface area contributed by atoms with Crippen LogP contribution in [-0.2, 0) is 4.74 Å². The quantitative estimate of drug-likeness (QED) is 0.863. The van der Waals surface area contributed by atoms with Crippen molar-refractivity contribution in [3.8, 4) is 0 Å². The van der Waals surface area contributed by atoms with Crippen molar-refractivity contribution in [3.63, 3.8) is 0 Å². The molecule has 0 aliphatic heterocycles. The summed E-state index contributed by atoms with van der Waals surface area (Å²) in [5.41, 5.74) is 2.21. The van der Waals surface area contributed by atoms with Crippen molar-refractivity contribution in [2.24, 2.45) is 0 Å². The largest absolute Gasteiger partial charge is 0.379 e. The van der Waals surface area contributed by atoms with E-state index in [-0.39, 0.29) is 12.1 Å². The molecule has 2 rings (SSSR count). The smallest absolute Gasteiger partial charge is 0.0766 e. The van der Waals surface area contributed by atoms with Crippen molar-refractivity contribution in [1.29, 1.82) is 0 Å². The Bertz CT molecular complexity index is 527. The van der Waals surface area contributed by atoms with E-state index in [2.05, 4.69) is 29.4 Å². The number of benzene rings is 1. The van der Waals surface area contributed by atoms with Crippen LogP contribution in [0.2, 0.25) is 0 Å². The van der Waals surface area contributed by atoms with Crippen LogP contribution in [-0.4, -0.2) is 25.2 Å². The fraction of sp³-hybridized carbons (Fsp3) is 0.438. The lowest BCUT2D eigenvalue weighted by atomic mass is 9.98. The van der Waals surface area contributed by atoms with E-state index in [1.807, 2.05) is 31.4 Å². The normalized spacial score (nSPS) is 14.5. The van der Waals surface area contributed by atoms with E-state index in [4.69, 9.17) is 4.74 Å². The van der Waals surface area contributed by atoms with Crippen LogP contribution >= 0.6 is 0 Å². The molecule has 0 bridgehead atoms. The lowest BCUT2D eigenvalue weighted by Crippen LogP contribution is -2.31. The van der Waals surface area contributed by atoms with Gasteiger partial charge in [-0.05, 0) is 31.2 Å². The average molecular weight is 258 g/mol. The molecule has 0 saturated heterocycles. The fourth-order valence-electron chi connectivity index (χ4n) is 2.53. The summed E-state index contributed by atoms with van der Waals surface area (Å²) in [6.45, 7) is 2.18. The fourth-order valence-corrected chi connectivity index (χ4v) is 2.53. The maximum absolute atomic E-state index is 5.62. The lowest BCUT2D eigenvalue weighted by Gasteiger charge is -2.25. The third-order valence-electron chi connectivity index (χ3n) is 3.53. The van der Waals surface area contributed by atoms with E-state index in [1.54, 1.807) is 7.11 Å². The Morgan fingerprint density at radius 2 is 2.11 bits per heavy atom. The van der Waals surface area contributed by atoms with Gasteiger partial charge >= 0.3 is 0 Å². The Kier molecular flexibility index (Phi) is 4.88. The molecule has 3 heteroatoms. The van der Waals surface area contributed by atoms with Crippen molar-refractivity contribution in [3.05, 3.63) is 42.1 Å². The Morgan fingerprint density at radius 3 is 2.79 bits per heavy atom. The molecule has 1 N–H and O–H groups in total. The van der Waals surface area contributed by atoms with Gasteiger partial charge in [-0.1, -0.05) is 31.5 Å². The predicted molar refractivity (Wildman–Crippen MR) is 79.2 cm³/mol. The van der Waals surface area contributed by atoms with Gasteiger partial charge in [0.15, 0.2) is 0 Å². The minimum absolute atomic E-state index is 0.179. The highest BCUT2D eigenvalue weighted by Gasteiger charge is 2.21. The van der Waals surface area contributed by atoms with Gasteiger partial charge in [-0.25, -0.2) is 0 Å². The number of nitrogens with one attached hydrogen (secondary N) is 1. The molecule has 19 heavy (non-hydrogen) atoms. The van der Waals surface area contributed by atoms with E-state index in [1.165, 1.54) is 10.9 Å². The minimum atomic E-state index is 0.179. The van der Waals surface area contributed by atoms with Crippen molar-refractivity contribution in [2.75, 3.05) is 14.2 Å². The molecule has 2 unspecified atom stereocenters. The number of pyridine rings is 1. The molecule has 0 saturated carbocycles. The van der Waals surface area contributed by atoms with Crippen LogP contribution in [0.5, 0.6) is 0 Å². The predicted octanol–water partition coefficient (Wildman–Crippen LogP) is 3.31. The van der Waals surface area contributed by atoms with E-state index in [0.717, 1.165) is 18.4 Å².